The summed E-state index contributed by atoms with van der Waals surface area (Å²) in [5.41, 5.74) is 0. The van der Waals surface area contributed by atoms with E-state index in [2.05, 4.69) is 12.2 Å². The largest absolute Gasteiger partial charge is 0.484 e. The van der Waals surface area contributed by atoms with Gasteiger partial charge in [0.25, 0.3) is 5.91 Å². The number of halogens is 1. The molecule has 0 radical (unpaired) electrons. The maximum absolute atomic E-state index is 13.0. The standard InChI is InChI=1S/C17H22FNO2/c1-11(16-8-12-5-6-13(16)7-12)19-17(20)10-21-15-4-2-3-14(18)9-15/h2-4,9,11-13,16H,5-8,10H2,1H3,(H,19,20)/t11-,12+,13+,16+/m0/s1. The molecule has 3 nitrogen and oxygen atoms in total. The predicted octanol–water partition coefficient (Wildman–Crippen LogP) is 3.15. The van der Waals surface area contributed by atoms with Crippen molar-refractivity contribution >= 4 is 5.91 Å². The first kappa shape index (κ1) is 14.4. The Morgan fingerprint density at radius 3 is 2.95 bits per heavy atom. The van der Waals surface area contributed by atoms with Crippen molar-refractivity contribution in [3.05, 3.63) is 30.1 Å². The predicted molar refractivity (Wildman–Crippen MR) is 78.4 cm³/mol. The number of rotatable bonds is 5. The van der Waals surface area contributed by atoms with Crippen LogP contribution in [-0.2, 0) is 4.79 Å². The van der Waals surface area contributed by atoms with E-state index in [9.17, 15) is 9.18 Å². The molecule has 2 bridgehead atoms. The first-order chi connectivity index (χ1) is 10.1. The van der Waals surface area contributed by atoms with Crippen LogP contribution in [0, 0.1) is 23.6 Å². The number of benzene rings is 1. The minimum Gasteiger partial charge on any atom is -0.484 e. The summed E-state index contributed by atoms with van der Waals surface area (Å²) < 4.78 is 18.3. The van der Waals surface area contributed by atoms with Gasteiger partial charge in [0.15, 0.2) is 6.61 Å². The Labute approximate surface area is 124 Å². The summed E-state index contributed by atoms with van der Waals surface area (Å²) in [6, 6.07) is 6.05. The van der Waals surface area contributed by atoms with Gasteiger partial charge in [-0.2, -0.15) is 0 Å². The van der Waals surface area contributed by atoms with Gasteiger partial charge < -0.3 is 10.1 Å². The molecule has 21 heavy (non-hydrogen) atoms. The molecule has 1 aromatic carbocycles. The highest BCUT2D eigenvalue weighted by molar-refractivity contribution is 5.77. The van der Waals surface area contributed by atoms with Crippen LogP contribution in [0.1, 0.15) is 32.6 Å². The number of carbonyl (C=O) groups excluding carboxylic acids is 1. The average Bonchev–Trinajstić information content (AvgIpc) is 3.08. The lowest BCUT2D eigenvalue weighted by atomic mass is 9.84. The fraction of sp³-hybridized carbons (Fsp3) is 0.588. The summed E-state index contributed by atoms with van der Waals surface area (Å²) in [5.74, 6) is 2.18. The number of ether oxygens (including phenoxy) is 1. The molecule has 0 spiro atoms. The second-order valence-electron chi connectivity index (χ2n) is 6.44. The molecule has 0 heterocycles. The van der Waals surface area contributed by atoms with Gasteiger partial charge in [0, 0.05) is 12.1 Å². The van der Waals surface area contributed by atoms with E-state index in [0.29, 0.717) is 11.7 Å². The van der Waals surface area contributed by atoms with Gasteiger partial charge in [-0.1, -0.05) is 12.5 Å². The quantitative estimate of drug-likeness (QED) is 0.905. The summed E-state index contributed by atoms with van der Waals surface area (Å²) >= 11 is 0. The molecule has 0 unspecified atom stereocenters. The average molecular weight is 291 g/mol. The minimum atomic E-state index is -0.358. The Kier molecular flexibility index (Phi) is 4.13. The van der Waals surface area contributed by atoms with Crippen molar-refractivity contribution < 1.29 is 13.9 Å². The van der Waals surface area contributed by atoms with Gasteiger partial charge in [0.2, 0.25) is 0 Å². The van der Waals surface area contributed by atoms with Crippen LogP contribution in [-0.4, -0.2) is 18.6 Å². The molecule has 2 aliphatic rings. The normalized spacial score (nSPS) is 28.4. The number of amides is 1. The molecule has 1 amide bonds. The molecule has 4 heteroatoms. The van der Waals surface area contributed by atoms with Crippen LogP contribution in [0.2, 0.25) is 0 Å². The molecule has 4 atom stereocenters. The van der Waals surface area contributed by atoms with Gasteiger partial charge in [-0.05, 0) is 56.1 Å². The molecule has 3 rings (SSSR count). The summed E-state index contributed by atoms with van der Waals surface area (Å²) in [6.45, 7) is 2.03. The topological polar surface area (TPSA) is 38.3 Å². The first-order valence-electron chi connectivity index (χ1n) is 7.79. The minimum absolute atomic E-state index is 0.0609. The van der Waals surface area contributed by atoms with E-state index < -0.39 is 0 Å². The van der Waals surface area contributed by atoms with E-state index >= 15 is 0 Å². The van der Waals surface area contributed by atoms with E-state index in [1.807, 2.05) is 0 Å². The molecule has 0 aromatic heterocycles. The van der Waals surface area contributed by atoms with Gasteiger partial charge in [-0.25, -0.2) is 4.39 Å². The Morgan fingerprint density at radius 1 is 1.43 bits per heavy atom. The molecule has 0 saturated heterocycles. The highest BCUT2D eigenvalue weighted by atomic mass is 19.1. The Bertz CT molecular complexity index is 519. The molecular formula is C17H22FNO2. The SMILES string of the molecule is C[C@H](NC(=O)COc1cccc(F)c1)[C@H]1C[C@@H]2CC[C@@H]1C2. The number of carbonyl (C=O) groups is 1. The molecule has 1 N–H and O–H groups in total. The smallest absolute Gasteiger partial charge is 0.258 e. The molecular weight excluding hydrogens is 269 g/mol. The third-order valence-electron chi connectivity index (χ3n) is 4.99. The Balaban J connectivity index is 1.46. The zero-order valence-corrected chi connectivity index (χ0v) is 12.3. The first-order valence-corrected chi connectivity index (χ1v) is 7.79. The van der Waals surface area contributed by atoms with Crippen LogP contribution in [0.25, 0.3) is 0 Å². The van der Waals surface area contributed by atoms with E-state index in [1.54, 1.807) is 12.1 Å². The lowest BCUT2D eigenvalue weighted by Crippen LogP contribution is -2.42. The third-order valence-corrected chi connectivity index (χ3v) is 4.99. The van der Waals surface area contributed by atoms with Crippen LogP contribution >= 0.6 is 0 Å². The molecule has 0 aliphatic heterocycles. The molecule has 2 fully saturated rings. The van der Waals surface area contributed by atoms with Gasteiger partial charge in [0.1, 0.15) is 11.6 Å². The Hall–Kier alpha value is -1.58. The van der Waals surface area contributed by atoms with Gasteiger partial charge in [-0.3, -0.25) is 4.79 Å². The number of fused-ring (bicyclic) bond motifs is 2. The number of nitrogens with one attached hydrogen (secondary N) is 1. The van der Waals surface area contributed by atoms with Gasteiger partial charge in [0.05, 0.1) is 0 Å². The second-order valence-corrected chi connectivity index (χ2v) is 6.44. The van der Waals surface area contributed by atoms with Gasteiger partial charge >= 0.3 is 0 Å². The lowest BCUT2D eigenvalue weighted by molar-refractivity contribution is -0.124. The van der Waals surface area contributed by atoms with E-state index in [-0.39, 0.29) is 24.4 Å². The number of hydrogen-bond acceptors (Lipinski definition) is 2. The molecule has 2 saturated carbocycles. The van der Waals surface area contributed by atoms with Crippen molar-refractivity contribution in [3.63, 3.8) is 0 Å². The monoisotopic (exact) mass is 291 g/mol. The fourth-order valence-corrected chi connectivity index (χ4v) is 4.01. The van der Waals surface area contributed by atoms with Crippen molar-refractivity contribution in [2.24, 2.45) is 17.8 Å². The zero-order chi connectivity index (χ0) is 14.8. The maximum atomic E-state index is 13.0. The van der Waals surface area contributed by atoms with Crippen LogP contribution < -0.4 is 10.1 Å². The molecule has 1 aromatic rings. The summed E-state index contributed by atoms with van der Waals surface area (Å²) in [6.07, 6.45) is 5.27. The molecule has 114 valence electrons. The van der Waals surface area contributed by atoms with Gasteiger partial charge in [-0.15, -0.1) is 0 Å². The van der Waals surface area contributed by atoms with E-state index in [4.69, 9.17) is 4.74 Å². The molecule has 2 aliphatic carbocycles. The highest BCUT2D eigenvalue weighted by Crippen LogP contribution is 2.49. The third kappa shape index (κ3) is 3.36. The van der Waals surface area contributed by atoms with Crippen molar-refractivity contribution in [1.82, 2.24) is 5.32 Å². The summed E-state index contributed by atoms with van der Waals surface area (Å²) in [7, 11) is 0. The van der Waals surface area contributed by atoms with Crippen LogP contribution in [0.3, 0.4) is 0 Å². The van der Waals surface area contributed by atoms with Crippen molar-refractivity contribution in [1.29, 1.82) is 0 Å². The van der Waals surface area contributed by atoms with Crippen LogP contribution in [0.15, 0.2) is 24.3 Å². The van der Waals surface area contributed by atoms with Crippen molar-refractivity contribution in [3.8, 4) is 5.75 Å². The lowest BCUT2D eigenvalue weighted by Gasteiger charge is -2.28. The van der Waals surface area contributed by atoms with Crippen molar-refractivity contribution in [2.45, 2.75) is 38.6 Å². The summed E-state index contributed by atoms with van der Waals surface area (Å²) in [4.78, 5) is 11.9. The zero-order valence-electron chi connectivity index (χ0n) is 12.3. The van der Waals surface area contributed by atoms with E-state index in [1.165, 1.54) is 37.8 Å². The maximum Gasteiger partial charge on any atom is 0.258 e. The van der Waals surface area contributed by atoms with Crippen LogP contribution in [0.5, 0.6) is 5.75 Å². The van der Waals surface area contributed by atoms with E-state index in [0.717, 1.165) is 11.8 Å². The Morgan fingerprint density at radius 2 is 2.29 bits per heavy atom. The fourth-order valence-electron chi connectivity index (χ4n) is 4.01. The van der Waals surface area contributed by atoms with Crippen molar-refractivity contribution in [2.75, 3.05) is 6.61 Å². The van der Waals surface area contributed by atoms with Crippen LogP contribution in [0.4, 0.5) is 4.39 Å². The number of hydrogen-bond donors (Lipinski definition) is 1. The highest BCUT2D eigenvalue weighted by Gasteiger charge is 2.42. The second kappa shape index (κ2) is 6.04. The summed E-state index contributed by atoms with van der Waals surface area (Å²) in [5, 5.41) is 3.03.